The maximum Gasteiger partial charge on any atom is 0.263 e. The monoisotopic (exact) mass is 268 g/mol. The quantitative estimate of drug-likeness (QED) is 0.890. The molecule has 0 radical (unpaired) electrons. The minimum atomic E-state index is -3.44. The first-order chi connectivity index (χ1) is 8.54. The van der Waals surface area contributed by atoms with Crippen LogP contribution in [0, 0.1) is 0 Å². The molecule has 1 aromatic rings. The second-order valence-electron chi connectivity index (χ2n) is 4.06. The summed E-state index contributed by atoms with van der Waals surface area (Å²) in [4.78, 5) is 4.57. The van der Waals surface area contributed by atoms with Crippen molar-refractivity contribution in [3.05, 3.63) is 29.8 Å². The number of benzene rings is 1. The lowest BCUT2D eigenvalue weighted by molar-refractivity contribution is 0.0829. The fraction of sp³-hybridized carbons (Fsp3) is 0.417. The predicted molar refractivity (Wildman–Crippen MR) is 69.3 cm³/mol. The van der Waals surface area contributed by atoms with Crippen LogP contribution in [0.3, 0.4) is 0 Å². The zero-order valence-corrected chi connectivity index (χ0v) is 11.2. The SMILES string of the molecule is CCOC(C)CN=C1NS(=O)(=O)c2ccccc21. The number of hydrogen-bond donors (Lipinski definition) is 1. The van der Waals surface area contributed by atoms with Crippen LogP contribution in [0.15, 0.2) is 34.2 Å². The third kappa shape index (κ3) is 2.54. The first-order valence-electron chi connectivity index (χ1n) is 5.83. The highest BCUT2D eigenvalue weighted by Crippen LogP contribution is 2.22. The van der Waals surface area contributed by atoms with E-state index in [1.54, 1.807) is 24.3 Å². The van der Waals surface area contributed by atoms with Gasteiger partial charge < -0.3 is 4.74 Å². The standard InChI is InChI=1S/C12H16N2O3S/c1-3-17-9(2)8-13-12-10-6-4-5-7-11(10)18(15,16)14-12/h4-7,9H,3,8H2,1-2H3,(H,13,14). The highest BCUT2D eigenvalue weighted by molar-refractivity contribution is 7.90. The maximum absolute atomic E-state index is 11.8. The van der Waals surface area contributed by atoms with Crippen molar-refractivity contribution in [2.75, 3.05) is 13.2 Å². The zero-order chi connectivity index (χ0) is 13.2. The molecule has 18 heavy (non-hydrogen) atoms. The summed E-state index contributed by atoms with van der Waals surface area (Å²) in [6, 6.07) is 6.82. The van der Waals surface area contributed by atoms with Gasteiger partial charge in [0.05, 0.1) is 17.5 Å². The Balaban J connectivity index is 2.25. The van der Waals surface area contributed by atoms with Gasteiger partial charge in [0.25, 0.3) is 10.0 Å². The Morgan fingerprint density at radius 2 is 2.11 bits per heavy atom. The molecule has 0 aliphatic carbocycles. The van der Waals surface area contributed by atoms with E-state index in [0.717, 1.165) is 0 Å². The van der Waals surface area contributed by atoms with Gasteiger partial charge in [-0.05, 0) is 26.0 Å². The minimum absolute atomic E-state index is 0.0280. The van der Waals surface area contributed by atoms with E-state index in [0.29, 0.717) is 24.6 Å². The molecule has 0 saturated heterocycles. The van der Waals surface area contributed by atoms with Gasteiger partial charge in [-0.2, -0.15) is 0 Å². The van der Waals surface area contributed by atoms with Gasteiger partial charge in [0.2, 0.25) is 0 Å². The molecule has 6 heteroatoms. The highest BCUT2D eigenvalue weighted by Gasteiger charge is 2.29. The second kappa shape index (κ2) is 5.07. The average molecular weight is 268 g/mol. The molecular formula is C12H16N2O3S. The van der Waals surface area contributed by atoms with Gasteiger partial charge in [-0.1, -0.05) is 12.1 Å². The number of amidine groups is 1. The number of aliphatic imine (C=N–C) groups is 1. The summed E-state index contributed by atoms with van der Waals surface area (Å²) in [6.07, 6.45) is -0.0280. The van der Waals surface area contributed by atoms with E-state index >= 15 is 0 Å². The first kappa shape index (κ1) is 13.0. The van der Waals surface area contributed by atoms with Crippen LogP contribution in [0.25, 0.3) is 0 Å². The van der Waals surface area contributed by atoms with Crippen LogP contribution >= 0.6 is 0 Å². The summed E-state index contributed by atoms with van der Waals surface area (Å²) in [5.41, 5.74) is 0.626. The van der Waals surface area contributed by atoms with E-state index in [2.05, 4.69) is 9.71 Å². The van der Waals surface area contributed by atoms with Crippen molar-refractivity contribution in [2.45, 2.75) is 24.8 Å². The summed E-state index contributed by atoms with van der Waals surface area (Å²) < 4.78 is 31.4. The summed E-state index contributed by atoms with van der Waals surface area (Å²) in [6.45, 7) is 4.87. The van der Waals surface area contributed by atoms with E-state index in [1.807, 2.05) is 13.8 Å². The van der Waals surface area contributed by atoms with Crippen LogP contribution in [0.4, 0.5) is 0 Å². The third-order valence-corrected chi connectivity index (χ3v) is 4.02. The fourth-order valence-corrected chi connectivity index (χ4v) is 3.06. The molecule has 0 saturated carbocycles. The zero-order valence-electron chi connectivity index (χ0n) is 10.4. The molecule has 0 fully saturated rings. The Hall–Kier alpha value is -1.40. The molecule has 1 aliphatic heterocycles. The largest absolute Gasteiger partial charge is 0.377 e. The lowest BCUT2D eigenvalue weighted by atomic mass is 10.2. The third-order valence-electron chi connectivity index (χ3n) is 2.62. The molecule has 98 valence electrons. The van der Waals surface area contributed by atoms with Gasteiger partial charge in [-0.15, -0.1) is 0 Å². The molecule has 0 bridgehead atoms. The molecule has 0 aromatic heterocycles. The Morgan fingerprint density at radius 3 is 2.83 bits per heavy atom. The number of nitrogens with one attached hydrogen (secondary N) is 1. The number of fused-ring (bicyclic) bond motifs is 1. The van der Waals surface area contributed by atoms with E-state index < -0.39 is 10.0 Å². The number of rotatable bonds is 4. The van der Waals surface area contributed by atoms with Crippen molar-refractivity contribution in [3.63, 3.8) is 0 Å². The van der Waals surface area contributed by atoms with E-state index in [9.17, 15) is 8.42 Å². The van der Waals surface area contributed by atoms with Crippen LogP contribution in [0.2, 0.25) is 0 Å². The van der Waals surface area contributed by atoms with Crippen molar-refractivity contribution >= 4 is 15.9 Å². The van der Waals surface area contributed by atoms with Gasteiger partial charge in [-0.25, -0.2) is 8.42 Å². The molecule has 1 heterocycles. The number of nitrogens with zero attached hydrogens (tertiary/aromatic N) is 1. The molecule has 2 rings (SSSR count). The highest BCUT2D eigenvalue weighted by atomic mass is 32.2. The van der Waals surface area contributed by atoms with E-state index in [1.165, 1.54) is 0 Å². The van der Waals surface area contributed by atoms with Gasteiger partial charge in [0.15, 0.2) is 0 Å². The van der Waals surface area contributed by atoms with Gasteiger partial charge >= 0.3 is 0 Å². The maximum atomic E-state index is 11.8. The van der Waals surface area contributed by atoms with Crippen molar-refractivity contribution < 1.29 is 13.2 Å². The van der Waals surface area contributed by atoms with Crippen LogP contribution in [0.1, 0.15) is 19.4 Å². The average Bonchev–Trinajstić information content (AvgIpc) is 2.60. The summed E-state index contributed by atoms with van der Waals surface area (Å²) in [7, 11) is -3.44. The van der Waals surface area contributed by atoms with Gasteiger partial charge in [0.1, 0.15) is 5.84 Å². The molecule has 5 nitrogen and oxygen atoms in total. The summed E-state index contributed by atoms with van der Waals surface area (Å²) in [5.74, 6) is 0.400. The molecule has 1 atom stereocenters. The van der Waals surface area contributed by atoms with Gasteiger partial charge in [-0.3, -0.25) is 9.71 Å². The summed E-state index contributed by atoms with van der Waals surface area (Å²) in [5, 5.41) is 0. The number of sulfonamides is 1. The van der Waals surface area contributed by atoms with Crippen molar-refractivity contribution in [2.24, 2.45) is 4.99 Å². The Bertz CT molecular complexity index is 566. The smallest absolute Gasteiger partial charge is 0.263 e. The van der Waals surface area contributed by atoms with E-state index in [4.69, 9.17) is 4.74 Å². The molecule has 1 N–H and O–H groups in total. The Kier molecular flexibility index (Phi) is 3.68. The number of ether oxygens (including phenoxy) is 1. The van der Waals surface area contributed by atoms with Crippen LogP contribution in [0.5, 0.6) is 0 Å². The Morgan fingerprint density at radius 1 is 1.39 bits per heavy atom. The molecule has 1 aromatic carbocycles. The molecule has 0 spiro atoms. The van der Waals surface area contributed by atoms with Crippen molar-refractivity contribution in [1.29, 1.82) is 0 Å². The molecular weight excluding hydrogens is 252 g/mol. The molecule has 1 aliphatic rings. The minimum Gasteiger partial charge on any atom is -0.377 e. The topological polar surface area (TPSA) is 67.8 Å². The van der Waals surface area contributed by atoms with Crippen LogP contribution < -0.4 is 4.72 Å². The van der Waals surface area contributed by atoms with Gasteiger partial charge in [0, 0.05) is 12.2 Å². The summed E-state index contributed by atoms with van der Waals surface area (Å²) >= 11 is 0. The second-order valence-corrected chi connectivity index (χ2v) is 5.71. The molecule has 0 amide bonds. The fourth-order valence-electron chi connectivity index (χ4n) is 1.81. The lowest BCUT2D eigenvalue weighted by Crippen LogP contribution is -2.24. The van der Waals surface area contributed by atoms with E-state index in [-0.39, 0.29) is 11.0 Å². The lowest BCUT2D eigenvalue weighted by Gasteiger charge is -2.08. The van der Waals surface area contributed by atoms with Crippen LogP contribution in [-0.4, -0.2) is 33.5 Å². The van der Waals surface area contributed by atoms with Crippen molar-refractivity contribution in [3.8, 4) is 0 Å². The van der Waals surface area contributed by atoms with Crippen molar-refractivity contribution in [1.82, 2.24) is 4.72 Å². The Labute approximate surface area is 107 Å². The normalized spacial score (nSPS) is 20.4. The molecule has 1 unspecified atom stereocenters. The predicted octanol–water partition coefficient (Wildman–Crippen LogP) is 1.15. The number of hydrogen-bond acceptors (Lipinski definition) is 4. The first-order valence-corrected chi connectivity index (χ1v) is 7.31. The van der Waals surface area contributed by atoms with Crippen LogP contribution in [-0.2, 0) is 14.8 Å².